The first-order valence-electron chi connectivity index (χ1n) is 8.66. The summed E-state index contributed by atoms with van der Waals surface area (Å²) in [4.78, 5) is 11.4. The lowest BCUT2D eigenvalue weighted by Crippen LogP contribution is -2.21. The molecule has 0 aliphatic rings. The molecule has 0 heterocycles. The highest BCUT2D eigenvalue weighted by Gasteiger charge is 2.38. The number of Topliss-reactive ketones (excluding diaryl/α,β-unsaturated/α-hetero) is 1. The number of ketones is 1. The fraction of sp³-hybridized carbons (Fsp3) is 0.286. The van der Waals surface area contributed by atoms with E-state index in [-0.39, 0.29) is 5.56 Å². The summed E-state index contributed by atoms with van der Waals surface area (Å²) in [6, 6.07) is 3.89. The van der Waals surface area contributed by atoms with Crippen LogP contribution < -0.4 is 0 Å². The van der Waals surface area contributed by atoms with Gasteiger partial charge in [-0.1, -0.05) is 30.4 Å². The standard InChI is InChI=1S/C21H15F9O/c1-11(31)14-6-3-12(9-17(14)21(28,29)30)4-7-15(19(2,23)24)13-5-8-16(18(22)10-13)20(25,26)27/h3-10,15H,1-2H3/b7-4+. The Morgan fingerprint density at radius 1 is 0.871 bits per heavy atom. The molecule has 0 saturated heterocycles. The summed E-state index contributed by atoms with van der Waals surface area (Å²) < 4.78 is 120. The molecule has 1 unspecified atom stereocenters. The predicted octanol–water partition coefficient (Wildman–Crippen LogP) is 7.52. The number of carbonyl (C=O) groups excluding carboxylic acids is 1. The van der Waals surface area contributed by atoms with Crippen molar-refractivity contribution in [2.75, 3.05) is 0 Å². The van der Waals surface area contributed by atoms with Gasteiger partial charge >= 0.3 is 12.4 Å². The average molecular weight is 454 g/mol. The van der Waals surface area contributed by atoms with Gasteiger partial charge in [0.05, 0.1) is 17.0 Å². The fourth-order valence-electron chi connectivity index (χ4n) is 2.94. The lowest BCUT2D eigenvalue weighted by Gasteiger charge is -2.22. The third-order valence-corrected chi connectivity index (χ3v) is 4.41. The SMILES string of the molecule is CC(=O)c1ccc(/C=C/C(c2ccc(C(F)(F)F)c(F)c2)C(C)(F)F)cc1C(F)(F)F. The smallest absolute Gasteiger partial charge is 0.294 e. The highest BCUT2D eigenvalue weighted by Crippen LogP contribution is 2.39. The molecule has 31 heavy (non-hydrogen) atoms. The van der Waals surface area contributed by atoms with E-state index in [4.69, 9.17) is 0 Å². The highest BCUT2D eigenvalue weighted by atomic mass is 19.4. The fourth-order valence-corrected chi connectivity index (χ4v) is 2.94. The minimum absolute atomic E-state index is 0.182. The van der Waals surface area contributed by atoms with Gasteiger partial charge in [-0.25, -0.2) is 13.2 Å². The number of allylic oxidation sites excluding steroid dienone is 1. The molecule has 0 aliphatic heterocycles. The molecule has 0 bridgehead atoms. The Hall–Kier alpha value is -2.78. The Labute approximate surface area is 171 Å². The number of halogens is 9. The van der Waals surface area contributed by atoms with Crippen molar-refractivity contribution in [3.05, 3.63) is 76.1 Å². The summed E-state index contributed by atoms with van der Waals surface area (Å²) in [6.07, 6.45) is -8.23. The molecular formula is C21H15F9O. The normalized spacial score (nSPS) is 14.2. The Bertz CT molecular complexity index is 995. The van der Waals surface area contributed by atoms with Crippen LogP contribution in [0.5, 0.6) is 0 Å². The Balaban J connectivity index is 2.50. The maximum absolute atomic E-state index is 14.1. The minimum atomic E-state index is -5.02. The van der Waals surface area contributed by atoms with Crippen LogP contribution in [0, 0.1) is 5.82 Å². The molecule has 10 heteroatoms. The molecule has 0 spiro atoms. The molecule has 0 N–H and O–H groups in total. The molecule has 0 amide bonds. The van der Waals surface area contributed by atoms with Crippen LogP contribution in [0.1, 0.15) is 52.4 Å². The summed E-state index contributed by atoms with van der Waals surface area (Å²) >= 11 is 0. The first-order chi connectivity index (χ1) is 14.0. The van der Waals surface area contributed by atoms with Gasteiger partial charge in [0.25, 0.3) is 5.92 Å². The van der Waals surface area contributed by atoms with Crippen LogP contribution in [-0.2, 0) is 12.4 Å². The number of rotatable bonds is 5. The molecule has 168 valence electrons. The molecule has 1 nitrogen and oxygen atoms in total. The molecule has 0 fully saturated rings. The Morgan fingerprint density at radius 2 is 1.45 bits per heavy atom. The van der Waals surface area contributed by atoms with Crippen LogP contribution in [0.4, 0.5) is 39.5 Å². The molecule has 0 radical (unpaired) electrons. The van der Waals surface area contributed by atoms with Gasteiger partial charge in [0.2, 0.25) is 0 Å². The van der Waals surface area contributed by atoms with Crippen LogP contribution in [0.15, 0.2) is 42.5 Å². The van der Waals surface area contributed by atoms with Gasteiger partial charge in [-0.3, -0.25) is 4.79 Å². The summed E-state index contributed by atoms with van der Waals surface area (Å²) in [5, 5.41) is 0. The van der Waals surface area contributed by atoms with E-state index < -0.39 is 58.0 Å². The number of carbonyl (C=O) groups is 1. The molecular weight excluding hydrogens is 439 g/mol. The van der Waals surface area contributed by atoms with Gasteiger partial charge in [0.1, 0.15) is 5.82 Å². The largest absolute Gasteiger partial charge is 0.419 e. The molecule has 2 rings (SSSR count). The number of hydrogen-bond donors (Lipinski definition) is 0. The van der Waals surface area contributed by atoms with Gasteiger partial charge in [-0.2, -0.15) is 26.3 Å². The molecule has 0 aromatic heterocycles. The average Bonchev–Trinajstić information content (AvgIpc) is 2.58. The van der Waals surface area contributed by atoms with Crippen LogP contribution in [0.25, 0.3) is 6.08 Å². The van der Waals surface area contributed by atoms with E-state index in [9.17, 15) is 44.3 Å². The zero-order valence-corrected chi connectivity index (χ0v) is 16.0. The Morgan fingerprint density at radius 3 is 1.90 bits per heavy atom. The van der Waals surface area contributed by atoms with Crippen molar-refractivity contribution in [3.8, 4) is 0 Å². The van der Waals surface area contributed by atoms with Gasteiger partial charge < -0.3 is 0 Å². The number of benzene rings is 2. The lowest BCUT2D eigenvalue weighted by molar-refractivity contribution is -0.140. The van der Waals surface area contributed by atoms with Crippen molar-refractivity contribution in [2.45, 2.75) is 38.0 Å². The lowest BCUT2D eigenvalue weighted by atomic mass is 9.91. The van der Waals surface area contributed by atoms with Crippen molar-refractivity contribution in [3.63, 3.8) is 0 Å². The van der Waals surface area contributed by atoms with E-state index in [1.807, 2.05) is 0 Å². The van der Waals surface area contributed by atoms with Crippen LogP contribution in [0.3, 0.4) is 0 Å². The number of alkyl halides is 8. The predicted molar refractivity (Wildman–Crippen MR) is 95.2 cm³/mol. The maximum atomic E-state index is 14.1. The third-order valence-electron chi connectivity index (χ3n) is 4.41. The second kappa shape index (κ2) is 8.39. The van der Waals surface area contributed by atoms with Crippen molar-refractivity contribution in [1.82, 2.24) is 0 Å². The zero-order chi connectivity index (χ0) is 23.8. The van der Waals surface area contributed by atoms with Gasteiger partial charge in [-0.15, -0.1) is 0 Å². The molecule has 2 aromatic rings. The topological polar surface area (TPSA) is 17.1 Å². The van der Waals surface area contributed by atoms with Crippen LogP contribution >= 0.6 is 0 Å². The third kappa shape index (κ3) is 5.89. The van der Waals surface area contributed by atoms with Gasteiger partial charge in [0, 0.05) is 12.5 Å². The van der Waals surface area contributed by atoms with E-state index in [2.05, 4.69) is 0 Å². The monoisotopic (exact) mass is 454 g/mol. The summed E-state index contributed by atoms with van der Waals surface area (Å²) in [5.74, 6) is -8.10. The second-order valence-corrected chi connectivity index (χ2v) is 6.89. The summed E-state index contributed by atoms with van der Waals surface area (Å²) in [5.41, 5.74) is -4.17. The minimum Gasteiger partial charge on any atom is -0.294 e. The Kier molecular flexibility index (Phi) is 6.63. The van der Waals surface area contributed by atoms with E-state index in [0.29, 0.717) is 31.2 Å². The number of hydrogen-bond acceptors (Lipinski definition) is 1. The van der Waals surface area contributed by atoms with Gasteiger partial charge in [-0.05, 0) is 36.2 Å². The summed E-state index contributed by atoms with van der Waals surface area (Å²) in [7, 11) is 0. The molecule has 2 aromatic carbocycles. The van der Waals surface area contributed by atoms with Crippen LogP contribution in [-0.4, -0.2) is 11.7 Å². The molecule has 1 atom stereocenters. The molecule has 0 aliphatic carbocycles. The quantitative estimate of drug-likeness (QED) is 0.337. The van der Waals surface area contributed by atoms with Crippen molar-refractivity contribution in [2.24, 2.45) is 0 Å². The van der Waals surface area contributed by atoms with E-state index in [1.165, 1.54) is 0 Å². The highest BCUT2D eigenvalue weighted by molar-refractivity contribution is 5.96. The van der Waals surface area contributed by atoms with E-state index in [0.717, 1.165) is 31.2 Å². The first-order valence-corrected chi connectivity index (χ1v) is 8.66. The first kappa shape index (κ1) is 24.5. The van der Waals surface area contributed by atoms with Crippen LogP contribution in [0.2, 0.25) is 0 Å². The summed E-state index contributed by atoms with van der Waals surface area (Å²) in [6.45, 7) is 1.38. The van der Waals surface area contributed by atoms with Crippen molar-refractivity contribution >= 4 is 11.9 Å². The maximum Gasteiger partial charge on any atom is 0.419 e. The van der Waals surface area contributed by atoms with Crippen molar-refractivity contribution in [1.29, 1.82) is 0 Å². The van der Waals surface area contributed by atoms with Crippen molar-refractivity contribution < 1.29 is 44.3 Å². The zero-order valence-electron chi connectivity index (χ0n) is 16.0. The van der Waals surface area contributed by atoms with Gasteiger partial charge in [0.15, 0.2) is 5.78 Å². The molecule has 0 saturated carbocycles. The van der Waals surface area contributed by atoms with E-state index in [1.54, 1.807) is 0 Å². The van der Waals surface area contributed by atoms with E-state index >= 15 is 0 Å². The second-order valence-electron chi connectivity index (χ2n) is 6.89.